The van der Waals surface area contributed by atoms with Gasteiger partial charge in [-0.2, -0.15) is 10.1 Å². The lowest BCUT2D eigenvalue weighted by Crippen LogP contribution is -2.27. The van der Waals surface area contributed by atoms with Crippen molar-refractivity contribution in [2.24, 2.45) is 7.05 Å². The van der Waals surface area contributed by atoms with Gasteiger partial charge in [0.1, 0.15) is 5.82 Å². The van der Waals surface area contributed by atoms with Gasteiger partial charge in [-0.05, 0) is 32.0 Å². The molecule has 1 fully saturated rings. The standard InChI is InChI=1S/C17H22FN5O3/c1-23-17(20-15(22-23)10-4-6-19-7-5-10)21-16(24)11-8-13(25-2)14(26-3)9-12(11)18/h8-10,19H,4-7H2,1-3H3,(H,20,21,22,24). The Morgan fingerprint density at radius 1 is 1.27 bits per heavy atom. The van der Waals surface area contributed by atoms with E-state index in [-0.39, 0.29) is 28.9 Å². The fourth-order valence-electron chi connectivity index (χ4n) is 2.96. The molecule has 2 aromatic rings. The predicted octanol–water partition coefficient (Wildman–Crippen LogP) is 1.69. The highest BCUT2D eigenvalue weighted by Gasteiger charge is 2.23. The lowest BCUT2D eigenvalue weighted by atomic mass is 9.98. The highest BCUT2D eigenvalue weighted by molar-refractivity contribution is 6.04. The molecule has 0 spiro atoms. The Morgan fingerprint density at radius 2 is 1.92 bits per heavy atom. The zero-order chi connectivity index (χ0) is 18.7. The molecule has 2 N–H and O–H groups in total. The summed E-state index contributed by atoms with van der Waals surface area (Å²) in [5.74, 6) is 0.373. The second kappa shape index (κ2) is 7.69. The number of benzene rings is 1. The van der Waals surface area contributed by atoms with Gasteiger partial charge in [0.25, 0.3) is 5.91 Å². The van der Waals surface area contributed by atoms with Crippen LogP contribution in [-0.2, 0) is 7.05 Å². The van der Waals surface area contributed by atoms with Crippen molar-refractivity contribution in [3.63, 3.8) is 0 Å². The number of nitrogens with one attached hydrogen (secondary N) is 2. The third-order valence-electron chi connectivity index (χ3n) is 4.43. The fraction of sp³-hybridized carbons (Fsp3) is 0.471. The van der Waals surface area contributed by atoms with Gasteiger partial charge < -0.3 is 14.8 Å². The number of anilines is 1. The zero-order valence-electron chi connectivity index (χ0n) is 15.0. The maximum Gasteiger partial charge on any atom is 0.261 e. The first kappa shape index (κ1) is 18.1. The normalized spacial score (nSPS) is 14.9. The number of carbonyl (C=O) groups excluding carboxylic acids is 1. The molecule has 9 heteroatoms. The van der Waals surface area contributed by atoms with E-state index < -0.39 is 11.7 Å². The molecule has 0 radical (unpaired) electrons. The van der Waals surface area contributed by atoms with E-state index in [1.807, 2.05) is 0 Å². The second-order valence-electron chi connectivity index (χ2n) is 6.08. The van der Waals surface area contributed by atoms with Crippen LogP contribution in [0.4, 0.5) is 10.3 Å². The van der Waals surface area contributed by atoms with E-state index in [0.29, 0.717) is 5.82 Å². The number of piperidine rings is 1. The van der Waals surface area contributed by atoms with Crippen LogP contribution in [0, 0.1) is 5.82 Å². The van der Waals surface area contributed by atoms with Crippen LogP contribution < -0.4 is 20.1 Å². The first-order valence-electron chi connectivity index (χ1n) is 8.38. The molecular weight excluding hydrogens is 341 g/mol. The van der Waals surface area contributed by atoms with Gasteiger partial charge in [0.05, 0.1) is 19.8 Å². The molecule has 0 aliphatic carbocycles. The van der Waals surface area contributed by atoms with Gasteiger partial charge in [-0.3, -0.25) is 10.1 Å². The van der Waals surface area contributed by atoms with E-state index in [9.17, 15) is 9.18 Å². The molecule has 3 rings (SSSR count). The highest BCUT2D eigenvalue weighted by atomic mass is 19.1. The molecule has 0 atom stereocenters. The molecule has 0 bridgehead atoms. The molecule has 1 saturated heterocycles. The van der Waals surface area contributed by atoms with E-state index in [4.69, 9.17) is 9.47 Å². The molecule has 26 heavy (non-hydrogen) atoms. The molecule has 140 valence electrons. The molecule has 1 amide bonds. The fourth-order valence-corrected chi connectivity index (χ4v) is 2.96. The summed E-state index contributed by atoms with van der Waals surface area (Å²) in [6.45, 7) is 1.84. The van der Waals surface area contributed by atoms with Gasteiger partial charge in [0, 0.05) is 19.0 Å². The average molecular weight is 363 g/mol. The minimum absolute atomic E-state index is 0.158. The molecule has 1 aliphatic heterocycles. The van der Waals surface area contributed by atoms with E-state index in [0.717, 1.165) is 32.0 Å². The van der Waals surface area contributed by atoms with Crippen LogP contribution in [0.15, 0.2) is 12.1 Å². The maximum atomic E-state index is 14.3. The Bertz CT molecular complexity index is 802. The van der Waals surface area contributed by atoms with Crippen LogP contribution in [0.1, 0.15) is 34.9 Å². The van der Waals surface area contributed by atoms with Gasteiger partial charge in [-0.1, -0.05) is 0 Å². The molecule has 1 aliphatic rings. The summed E-state index contributed by atoms with van der Waals surface area (Å²) < 4.78 is 25.9. The summed E-state index contributed by atoms with van der Waals surface area (Å²) in [6, 6.07) is 2.42. The lowest BCUT2D eigenvalue weighted by Gasteiger charge is -2.19. The Balaban J connectivity index is 1.81. The van der Waals surface area contributed by atoms with Crippen molar-refractivity contribution in [1.29, 1.82) is 0 Å². The number of aromatic nitrogens is 3. The Hall–Kier alpha value is -2.68. The summed E-state index contributed by atoms with van der Waals surface area (Å²) in [5.41, 5.74) is -0.158. The number of methoxy groups -OCH3 is 2. The van der Waals surface area contributed by atoms with E-state index in [1.165, 1.54) is 25.0 Å². The third kappa shape index (κ3) is 3.62. The number of ether oxygens (including phenoxy) is 2. The topological polar surface area (TPSA) is 90.3 Å². The number of aryl methyl sites for hydroxylation is 1. The van der Waals surface area contributed by atoms with Gasteiger partial charge in [-0.15, -0.1) is 0 Å². The van der Waals surface area contributed by atoms with Crippen LogP contribution in [0.5, 0.6) is 11.5 Å². The molecule has 1 aromatic heterocycles. The zero-order valence-corrected chi connectivity index (χ0v) is 15.0. The largest absolute Gasteiger partial charge is 0.493 e. The Labute approximate surface area is 150 Å². The SMILES string of the molecule is COc1cc(F)c(C(=O)Nc2nc(C3CCNCC3)nn2C)cc1OC. The summed E-state index contributed by atoms with van der Waals surface area (Å²) in [6.07, 6.45) is 1.89. The van der Waals surface area contributed by atoms with Gasteiger partial charge in [-0.25, -0.2) is 9.07 Å². The molecule has 8 nitrogen and oxygen atoms in total. The summed E-state index contributed by atoms with van der Waals surface area (Å²) in [7, 11) is 4.52. The van der Waals surface area contributed by atoms with Crippen LogP contribution in [-0.4, -0.2) is 48.0 Å². The van der Waals surface area contributed by atoms with Crippen molar-refractivity contribution in [1.82, 2.24) is 20.1 Å². The van der Waals surface area contributed by atoms with Gasteiger partial charge in [0.2, 0.25) is 5.95 Å². The van der Waals surface area contributed by atoms with Crippen molar-refractivity contribution in [2.75, 3.05) is 32.6 Å². The van der Waals surface area contributed by atoms with E-state index in [2.05, 4.69) is 20.7 Å². The molecule has 0 saturated carbocycles. The summed E-state index contributed by atoms with van der Waals surface area (Å²) >= 11 is 0. The van der Waals surface area contributed by atoms with Crippen molar-refractivity contribution in [3.05, 3.63) is 29.3 Å². The smallest absolute Gasteiger partial charge is 0.261 e. The van der Waals surface area contributed by atoms with E-state index in [1.54, 1.807) is 7.05 Å². The van der Waals surface area contributed by atoms with Crippen molar-refractivity contribution < 1.29 is 18.7 Å². The average Bonchev–Trinajstić information content (AvgIpc) is 3.02. The first-order valence-corrected chi connectivity index (χ1v) is 8.38. The number of carbonyl (C=O) groups is 1. The predicted molar refractivity (Wildman–Crippen MR) is 93.3 cm³/mol. The first-order chi connectivity index (χ1) is 12.5. The maximum absolute atomic E-state index is 14.3. The van der Waals surface area contributed by atoms with Crippen LogP contribution >= 0.6 is 0 Å². The number of halogens is 1. The minimum atomic E-state index is -0.708. The number of nitrogens with zero attached hydrogens (tertiary/aromatic N) is 3. The third-order valence-corrected chi connectivity index (χ3v) is 4.43. The molecule has 0 unspecified atom stereocenters. The molecular formula is C17H22FN5O3. The van der Waals surface area contributed by atoms with Gasteiger partial charge in [0.15, 0.2) is 17.3 Å². The molecule has 2 heterocycles. The van der Waals surface area contributed by atoms with Crippen molar-refractivity contribution in [2.45, 2.75) is 18.8 Å². The van der Waals surface area contributed by atoms with Crippen molar-refractivity contribution in [3.8, 4) is 11.5 Å². The van der Waals surface area contributed by atoms with Crippen LogP contribution in [0.2, 0.25) is 0 Å². The number of amides is 1. The van der Waals surface area contributed by atoms with Crippen molar-refractivity contribution >= 4 is 11.9 Å². The monoisotopic (exact) mass is 363 g/mol. The summed E-state index contributed by atoms with van der Waals surface area (Å²) in [5, 5.41) is 10.3. The van der Waals surface area contributed by atoms with Crippen LogP contribution in [0.25, 0.3) is 0 Å². The van der Waals surface area contributed by atoms with Gasteiger partial charge >= 0.3 is 0 Å². The summed E-state index contributed by atoms with van der Waals surface area (Å²) in [4.78, 5) is 16.9. The minimum Gasteiger partial charge on any atom is -0.493 e. The van der Waals surface area contributed by atoms with Crippen LogP contribution in [0.3, 0.4) is 0 Å². The van der Waals surface area contributed by atoms with E-state index >= 15 is 0 Å². The second-order valence-corrected chi connectivity index (χ2v) is 6.08. The Morgan fingerprint density at radius 3 is 2.58 bits per heavy atom. The number of hydrogen-bond donors (Lipinski definition) is 2. The Kier molecular flexibility index (Phi) is 5.36. The lowest BCUT2D eigenvalue weighted by molar-refractivity contribution is 0.102. The number of hydrogen-bond acceptors (Lipinski definition) is 6. The quantitative estimate of drug-likeness (QED) is 0.840. The molecule has 1 aromatic carbocycles. The number of rotatable bonds is 5. The highest BCUT2D eigenvalue weighted by Crippen LogP contribution is 2.30.